The van der Waals surface area contributed by atoms with Crippen molar-refractivity contribution in [1.82, 2.24) is 0 Å². The molecule has 1 aromatic rings. The smallest absolute Gasteiger partial charge is 0.161 e. The summed E-state index contributed by atoms with van der Waals surface area (Å²) in [6.07, 6.45) is 0. The predicted molar refractivity (Wildman–Crippen MR) is 56.3 cm³/mol. The molecule has 4 N–H and O–H groups in total. The van der Waals surface area contributed by atoms with Gasteiger partial charge in [0.1, 0.15) is 6.61 Å². The van der Waals surface area contributed by atoms with Crippen LogP contribution in [0.3, 0.4) is 0 Å². The van der Waals surface area contributed by atoms with Gasteiger partial charge in [-0.25, -0.2) is 0 Å². The molecule has 0 aliphatic carbocycles. The number of hydrogen-bond acceptors (Lipinski definition) is 5. The van der Waals surface area contributed by atoms with Crippen molar-refractivity contribution in [2.75, 3.05) is 31.7 Å². The lowest BCUT2D eigenvalue weighted by molar-refractivity contribution is 0.197. The van der Waals surface area contributed by atoms with Gasteiger partial charge in [-0.15, -0.1) is 0 Å². The lowest BCUT2D eigenvalue weighted by Crippen LogP contribution is -2.05. The van der Waals surface area contributed by atoms with Crippen LogP contribution < -0.4 is 10.1 Å². The van der Waals surface area contributed by atoms with Gasteiger partial charge in [-0.1, -0.05) is 0 Å². The van der Waals surface area contributed by atoms with Crippen LogP contribution >= 0.6 is 0 Å². The van der Waals surface area contributed by atoms with Crippen molar-refractivity contribution >= 4 is 5.69 Å². The molecule has 0 amide bonds. The third-order valence-corrected chi connectivity index (χ3v) is 1.75. The number of phenolic OH excluding ortho intramolecular Hbond substituents is 1. The zero-order chi connectivity index (χ0) is 11.1. The van der Waals surface area contributed by atoms with E-state index >= 15 is 0 Å². The van der Waals surface area contributed by atoms with Gasteiger partial charge in [0.2, 0.25) is 0 Å². The number of anilines is 1. The molecule has 0 aliphatic rings. The average Bonchev–Trinajstić information content (AvgIpc) is 2.25. The van der Waals surface area contributed by atoms with E-state index in [1.807, 2.05) is 0 Å². The fourth-order valence-corrected chi connectivity index (χ4v) is 1.11. The summed E-state index contributed by atoms with van der Waals surface area (Å²) >= 11 is 0. The molecule has 0 fully saturated rings. The molecule has 0 spiro atoms. The second kappa shape index (κ2) is 6.10. The summed E-state index contributed by atoms with van der Waals surface area (Å²) in [4.78, 5) is 0. The maximum atomic E-state index is 9.51. The maximum absolute atomic E-state index is 9.51. The number of rotatable bonds is 6. The van der Waals surface area contributed by atoms with Crippen LogP contribution in [0.25, 0.3) is 0 Å². The van der Waals surface area contributed by atoms with Crippen LogP contribution in [0.2, 0.25) is 0 Å². The second-order valence-electron chi connectivity index (χ2n) is 2.90. The monoisotopic (exact) mass is 213 g/mol. The molecular weight excluding hydrogens is 198 g/mol. The third kappa shape index (κ3) is 3.65. The van der Waals surface area contributed by atoms with Crippen LogP contribution in [0.4, 0.5) is 5.69 Å². The summed E-state index contributed by atoms with van der Waals surface area (Å²) in [5.74, 6) is 0.338. The van der Waals surface area contributed by atoms with Crippen LogP contribution in [-0.4, -0.2) is 41.7 Å². The van der Waals surface area contributed by atoms with Crippen molar-refractivity contribution in [2.24, 2.45) is 0 Å². The Hall–Kier alpha value is -1.46. The van der Waals surface area contributed by atoms with Crippen molar-refractivity contribution in [2.45, 2.75) is 0 Å². The highest BCUT2D eigenvalue weighted by molar-refractivity contribution is 5.54. The molecule has 0 unspecified atom stereocenters. The van der Waals surface area contributed by atoms with E-state index in [4.69, 9.17) is 14.9 Å². The van der Waals surface area contributed by atoms with Crippen LogP contribution in [0.1, 0.15) is 0 Å². The Morgan fingerprint density at radius 1 is 1.20 bits per heavy atom. The number of phenols is 1. The topological polar surface area (TPSA) is 82.0 Å². The van der Waals surface area contributed by atoms with E-state index in [1.165, 1.54) is 6.07 Å². The van der Waals surface area contributed by atoms with Gasteiger partial charge in [0.15, 0.2) is 11.5 Å². The van der Waals surface area contributed by atoms with Gasteiger partial charge in [-0.2, -0.15) is 0 Å². The minimum atomic E-state index is -0.0933. The molecule has 0 aromatic heterocycles. The molecule has 15 heavy (non-hydrogen) atoms. The Morgan fingerprint density at radius 2 is 2.00 bits per heavy atom. The largest absolute Gasteiger partial charge is 0.504 e. The normalized spacial score (nSPS) is 10.0. The fraction of sp³-hybridized carbons (Fsp3) is 0.400. The molecule has 5 heteroatoms. The van der Waals surface area contributed by atoms with E-state index in [0.29, 0.717) is 18.0 Å². The van der Waals surface area contributed by atoms with E-state index in [0.717, 1.165) is 0 Å². The Balaban J connectivity index is 2.61. The van der Waals surface area contributed by atoms with E-state index in [-0.39, 0.29) is 25.6 Å². The van der Waals surface area contributed by atoms with E-state index < -0.39 is 0 Å². The number of aliphatic hydroxyl groups excluding tert-OH is 2. The lowest BCUT2D eigenvalue weighted by atomic mass is 10.2. The second-order valence-corrected chi connectivity index (χ2v) is 2.90. The highest BCUT2D eigenvalue weighted by Gasteiger charge is 2.02. The molecule has 0 aliphatic heterocycles. The average molecular weight is 213 g/mol. The molecule has 0 atom stereocenters. The summed E-state index contributed by atoms with van der Waals surface area (Å²) in [6.45, 7) is 0.515. The van der Waals surface area contributed by atoms with E-state index in [9.17, 15) is 5.11 Å². The van der Waals surface area contributed by atoms with Gasteiger partial charge in [0.05, 0.1) is 13.2 Å². The number of hydrogen-bond donors (Lipinski definition) is 4. The summed E-state index contributed by atoms with van der Waals surface area (Å²) in [5, 5.41) is 29.5. The quantitative estimate of drug-likeness (QED) is 0.541. The number of ether oxygens (including phenoxy) is 1. The molecule has 0 bridgehead atoms. The molecule has 0 saturated carbocycles. The SMILES string of the molecule is OCCNc1ccc(OCCO)c(O)c1. The van der Waals surface area contributed by atoms with Gasteiger partial charge < -0.3 is 25.4 Å². The van der Waals surface area contributed by atoms with Crippen molar-refractivity contribution in [3.63, 3.8) is 0 Å². The standard InChI is InChI=1S/C10H15NO4/c12-4-3-11-8-1-2-10(9(14)7-8)15-6-5-13/h1-2,7,11-14H,3-6H2. The molecule has 84 valence electrons. The Kier molecular flexibility index (Phi) is 4.73. The van der Waals surface area contributed by atoms with Gasteiger partial charge in [-0.05, 0) is 12.1 Å². The zero-order valence-corrected chi connectivity index (χ0v) is 8.31. The first kappa shape index (κ1) is 11.6. The Morgan fingerprint density at radius 3 is 2.60 bits per heavy atom. The Bertz CT molecular complexity index is 303. The summed E-state index contributed by atoms with van der Waals surface area (Å²) in [5.41, 5.74) is 0.706. The van der Waals surface area contributed by atoms with E-state index in [2.05, 4.69) is 5.32 Å². The molecule has 0 radical (unpaired) electrons. The first-order valence-electron chi connectivity index (χ1n) is 4.69. The number of benzene rings is 1. The van der Waals surface area contributed by atoms with Crippen molar-refractivity contribution in [1.29, 1.82) is 0 Å². The molecule has 1 aromatic carbocycles. The molecular formula is C10H15NO4. The van der Waals surface area contributed by atoms with Crippen molar-refractivity contribution < 1.29 is 20.1 Å². The minimum absolute atomic E-state index is 0.00592. The number of nitrogens with one attached hydrogen (secondary N) is 1. The molecule has 0 heterocycles. The van der Waals surface area contributed by atoms with Crippen LogP contribution in [0.5, 0.6) is 11.5 Å². The van der Waals surface area contributed by atoms with E-state index in [1.54, 1.807) is 12.1 Å². The van der Waals surface area contributed by atoms with Gasteiger partial charge in [0, 0.05) is 18.3 Å². The summed E-state index contributed by atoms with van der Waals surface area (Å²) in [6, 6.07) is 4.83. The lowest BCUT2D eigenvalue weighted by Gasteiger charge is -2.09. The van der Waals surface area contributed by atoms with Crippen LogP contribution in [0.15, 0.2) is 18.2 Å². The first-order chi connectivity index (χ1) is 7.27. The maximum Gasteiger partial charge on any atom is 0.161 e. The molecule has 1 rings (SSSR count). The fourth-order valence-electron chi connectivity index (χ4n) is 1.11. The van der Waals surface area contributed by atoms with Crippen LogP contribution in [-0.2, 0) is 0 Å². The Labute approximate surface area is 87.9 Å². The molecule has 0 saturated heterocycles. The van der Waals surface area contributed by atoms with Crippen molar-refractivity contribution in [3.05, 3.63) is 18.2 Å². The van der Waals surface area contributed by atoms with Gasteiger partial charge in [-0.3, -0.25) is 0 Å². The summed E-state index contributed by atoms with van der Waals surface area (Å²) in [7, 11) is 0. The number of aromatic hydroxyl groups is 1. The number of aliphatic hydroxyl groups is 2. The summed E-state index contributed by atoms with van der Waals surface area (Å²) < 4.78 is 5.07. The molecule has 5 nitrogen and oxygen atoms in total. The highest BCUT2D eigenvalue weighted by Crippen LogP contribution is 2.28. The first-order valence-corrected chi connectivity index (χ1v) is 4.69. The van der Waals surface area contributed by atoms with Gasteiger partial charge >= 0.3 is 0 Å². The highest BCUT2D eigenvalue weighted by atomic mass is 16.5. The predicted octanol–water partition coefficient (Wildman–Crippen LogP) is 0.167. The van der Waals surface area contributed by atoms with Crippen LogP contribution in [0, 0.1) is 0 Å². The third-order valence-electron chi connectivity index (χ3n) is 1.75. The van der Waals surface area contributed by atoms with Gasteiger partial charge in [0.25, 0.3) is 0 Å². The zero-order valence-electron chi connectivity index (χ0n) is 8.31. The minimum Gasteiger partial charge on any atom is -0.504 e. The van der Waals surface area contributed by atoms with Crippen molar-refractivity contribution in [3.8, 4) is 11.5 Å².